The van der Waals surface area contributed by atoms with Crippen LogP contribution in [0.5, 0.6) is 5.88 Å². The highest BCUT2D eigenvalue weighted by Gasteiger charge is 2.11. The summed E-state index contributed by atoms with van der Waals surface area (Å²) in [5.74, 6) is -0.119. The number of hydrazine groups is 1. The molecule has 8 nitrogen and oxygen atoms in total. The number of pyridine rings is 2. The Hall–Kier alpha value is -4.07. The minimum Gasteiger partial charge on any atom is -0.492 e. The molecule has 0 aliphatic rings. The number of amides is 1. The summed E-state index contributed by atoms with van der Waals surface area (Å²) >= 11 is 0. The van der Waals surface area contributed by atoms with Crippen molar-refractivity contribution in [3.8, 4) is 17.1 Å². The van der Waals surface area contributed by atoms with Gasteiger partial charge in [0.25, 0.3) is 5.91 Å². The van der Waals surface area contributed by atoms with E-state index < -0.39 is 0 Å². The van der Waals surface area contributed by atoms with E-state index in [4.69, 9.17) is 0 Å². The van der Waals surface area contributed by atoms with E-state index in [0.29, 0.717) is 28.2 Å². The van der Waals surface area contributed by atoms with Crippen molar-refractivity contribution >= 4 is 22.9 Å². The number of benzene rings is 1. The van der Waals surface area contributed by atoms with Crippen molar-refractivity contribution in [2.24, 2.45) is 0 Å². The first kappa shape index (κ1) is 16.4. The highest BCUT2D eigenvalue weighted by Crippen LogP contribution is 2.27. The molecule has 1 amide bonds. The molecule has 3 aromatic heterocycles. The lowest BCUT2D eigenvalue weighted by Gasteiger charge is -2.09. The van der Waals surface area contributed by atoms with Gasteiger partial charge in [0, 0.05) is 18.0 Å². The average molecular weight is 358 g/mol. The molecule has 0 fully saturated rings. The fraction of sp³-hybridized carbons (Fsp3) is 0. The predicted molar refractivity (Wildman–Crippen MR) is 99.8 cm³/mol. The van der Waals surface area contributed by atoms with Gasteiger partial charge in [-0.1, -0.05) is 30.3 Å². The van der Waals surface area contributed by atoms with Crippen LogP contribution in [0.15, 0.2) is 67.0 Å². The fourth-order valence-electron chi connectivity index (χ4n) is 2.48. The first-order chi connectivity index (χ1) is 13.2. The number of carbonyl (C=O) groups is 1. The molecular formula is C19H14N6O2. The summed E-state index contributed by atoms with van der Waals surface area (Å²) in [6, 6.07) is 15.8. The van der Waals surface area contributed by atoms with Gasteiger partial charge >= 0.3 is 0 Å². The molecule has 0 spiro atoms. The minimum absolute atomic E-state index is 0.166. The summed E-state index contributed by atoms with van der Waals surface area (Å²) in [6.45, 7) is 0. The summed E-state index contributed by atoms with van der Waals surface area (Å²) in [6.07, 6.45) is 3.05. The molecule has 0 aliphatic heterocycles. The maximum atomic E-state index is 12.1. The highest BCUT2D eigenvalue weighted by atomic mass is 16.3. The molecule has 0 atom stereocenters. The van der Waals surface area contributed by atoms with Crippen LogP contribution in [-0.2, 0) is 0 Å². The lowest BCUT2D eigenvalue weighted by molar-refractivity contribution is 0.0962. The standard InChI is InChI=1S/C19H14N6O2/c26-18(13-7-4-10-20-11-13)25-24-15-9-8-14-17(22-15)23-16(19(27)21-14)12-5-2-1-3-6-12/h1-11H,(H,21,27)(H,25,26)(H,22,23,24). The number of aromatic nitrogens is 4. The first-order valence-corrected chi connectivity index (χ1v) is 8.10. The molecule has 0 unspecified atom stereocenters. The Morgan fingerprint density at radius 2 is 1.78 bits per heavy atom. The number of aromatic hydroxyl groups is 1. The number of anilines is 1. The monoisotopic (exact) mass is 358 g/mol. The maximum Gasteiger partial charge on any atom is 0.271 e. The van der Waals surface area contributed by atoms with Gasteiger partial charge in [-0.3, -0.25) is 20.6 Å². The summed E-state index contributed by atoms with van der Waals surface area (Å²) < 4.78 is 0. The lowest BCUT2D eigenvalue weighted by atomic mass is 10.1. The third-order valence-electron chi connectivity index (χ3n) is 3.79. The summed E-state index contributed by atoms with van der Waals surface area (Å²) in [4.78, 5) is 28.9. The zero-order valence-electron chi connectivity index (χ0n) is 14.0. The molecule has 3 heterocycles. The van der Waals surface area contributed by atoms with Crippen LogP contribution < -0.4 is 10.9 Å². The number of carbonyl (C=O) groups excluding carboxylic acids is 1. The summed E-state index contributed by atoms with van der Waals surface area (Å²) in [5.41, 5.74) is 7.56. The molecular weight excluding hydrogens is 344 g/mol. The van der Waals surface area contributed by atoms with Crippen LogP contribution >= 0.6 is 0 Å². The van der Waals surface area contributed by atoms with Gasteiger partial charge in [0.1, 0.15) is 17.0 Å². The van der Waals surface area contributed by atoms with Crippen molar-refractivity contribution < 1.29 is 9.90 Å². The topological polar surface area (TPSA) is 113 Å². The van der Waals surface area contributed by atoms with Crippen molar-refractivity contribution in [3.05, 3.63) is 72.6 Å². The van der Waals surface area contributed by atoms with E-state index in [2.05, 4.69) is 30.8 Å². The van der Waals surface area contributed by atoms with Gasteiger partial charge < -0.3 is 5.11 Å². The van der Waals surface area contributed by atoms with Gasteiger partial charge in [-0.05, 0) is 24.3 Å². The SMILES string of the molecule is O=C(NNc1ccc2nc(O)c(-c3ccccc3)nc2n1)c1cccnc1. The van der Waals surface area contributed by atoms with Gasteiger partial charge in [-0.2, -0.15) is 0 Å². The van der Waals surface area contributed by atoms with Crippen LogP contribution in [0, 0.1) is 0 Å². The lowest BCUT2D eigenvalue weighted by Crippen LogP contribution is -2.29. The van der Waals surface area contributed by atoms with Gasteiger partial charge in [0.05, 0.1) is 5.56 Å². The molecule has 0 aliphatic carbocycles. The molecule has 3 N–H and O–H groups in total. The van der Waals surface area contributed by atoms with Crippen LogP contribution in [0.2, 0.25) is 0 Å². The van der Waals surface area contributed by atoms with Crippen LogP contribution in [0.25, 0.3) is 22.4 Å². The zero-order chi connectivity index (χ0) is 18.6. The van der Waals surface area contributed by atoms with E-state index in [1.54, 1.807) is 30.5 Å². The molecule has 4 aromatic rings. The zero-order valence-corrected chi connectivity index (χ0v) is 14.0. The molecule has 4 rings (SSSR count). The highest BCUT2D eigenvalue weighted by molar-refractivity contribution is 5.94. The van der Waals surface area contributed by atoms with E-state index >= 15 is 0 Å². The Morgan fingerprint density at radius 1 is 0.926 bits per heavy atom. The molecule has 132 valence electrons. The van der Waals surface area contributed by atoms with Crippen molar-refractivity contribution in [2.75, 3.05) is 5.43 Å². The van der Waals surface area contributed by atoms with E-state index in [0.717, 1.165) is 5.56 Å². The van der Waals surface area contributed by atoms with Gasteiger partial charge in [-0.15, -0.1) is 0 Å². The molecule has 8 heteroatoms. The van der Waals surface area contributed by atoms with Crippen LogP contribution in [0.4, 0.5) is 5.82 Å². The van der Waals surface area contributed by atoms with Crippen molar-refractivity contribution in [3.63, 3.8) is 0 Å². The first-order valence-electron chi connectivity index (χ1n) is 8.10. The molecule has 0 saturated carbocycles. The van der Waals surface area contributed by atoms with Crippen LogP contribution in [0.3, 0.4) is 0 Å². The van der Waals surface area contributed by atoms with E-state index in [-0.39, 0.29) is 11.8 Å². The number of hydrogen-bond donors (Lipinski definition) is 3. The summed E-state index contributed by atoms with van der Waals surface area (Å²) in [5, 5.41) is 10.2. The van der Waals surface area contributed by atoms with Gasteiger partial charge in [0.2, 0.25) is 5.88 Å². The Kier molecular flexibility index (Phi) is 4.28. The third kappa shape index (κ3) is 3.49. The van der Waals surface area contributed by atoms with Crippen molar-refractivity contribution in [2.45, 2.75) is 0 Å². The predicted octanol–water partition coefficient (Wildman–Crippen LogP) is 2.55. The maximum absolute atomic E-state index is 12.1. The van der Waals surface area contributed by atoms with Gasteiger partial charge in [-0.25, -0.2) is 15.0 Å². The van der Waals surface area contributed by atoms with E-state index in [9.17, 15) is 9.90 Å². The Balaban J connectivity index is 1.60. The Bertz CT molecular complexity index is 1100. The molecule has 27 heavy (non-hydrogen) atoms. The number of nitrogens with one attached hydrogen (secondary N) is 2. The number of fused-ring (bicyclic) bond motifs is 1. The minimum atomic E-state index is -0.341. The number of hydrogen-bond acceptors (Lipinski definition) is 7. The smallest absolute Gasteiger partial charge is 0.271 e. The third-order valence-corrected chi connectivity index (χ3v) is 3.79. The largest absolute Gasteiger partial charge is 0.492 e. The second kappa shape index (κ2) is 7.04. The number of nitrogens with zero attached hydrogens (tertiary/aromatic N) is 4. The molecule has 0 radical (unpaired) electrons. The molecule has 0 saturated heterocycles. The second-order valence-corrected chi connectivity index (χ2v) is 5.62. The number of rotatable bonds is 4. The van der Waals surface area contributed by atoms with E-state index in [1.807, 2.05) is 30.3 Å². The molecule has 0 bridgehead atoms. The fourth-order valence-corrected chi connectivity index (χ4v) is 2.48. The molecule has 1 aromatic carbocycles. The van der Waals surface area contributed by atoms with Crippen molar-refractivity contribution in [1.29, 1.82) is 0 Å². The van der Waals surface area contributed by atoms with E-state index in [1.165, 1.54) is 6.20 Å². The summed E-state index contributed by atoms with van der Waals surface area (Å²) in [7, 11) is 0. The van der Waals surface area contributed by atoms with Crippen molar-refractivity contribution in [1.82, 2.24) is 25.4 Å². The van der Waals surface area contributed by atoms with Crippen LogP contribution in [0.1, 0.15) is 10.4 Å². The normalized spacial score (nSPS) is 10.5. The Labute approximate surface area is 153 Å². The Morgan fingerprint density at radius 3 is 2.56 bits per heavy atom. The second-order valence-electron chi connectivity index (χ2n) is 5.62. The van der Waals surface area contributed by atoms with Crippen LogP contribution in [-0.4, -0.2) is 30.9 Å². The average Bonchev–Trinajstić information content (AvgIpc) is 2.73. The van der Waals surface area contributed by atoms with Gasteiger partial charge in [0.15, 0.2) is 5.65 Å². The quantitative estimate of drug-likeness (QED) is 0.481.